The number of ether oxygens (including phenoxy) is 1. The number of piperazine rings is 1. The van der Waals surface area contributed by atoms with Gasteiger partial charge in [-0.15, -0.1) is 0 Å². The molecule has 0 amide bonds. The lowest BCUT2D eigenvalue weighted by Crippen LogP contribution is -2.50. The minimum absolute atomic E-state index is 0.569. The Bertz CT molecular complexity index is 392. The zero-order valence-corrected chi connectivity index (χ0v) is 11.7. The van der Waals surface area contributed by atoms with Gasteiger partial charge in [-0.3, -0.25) is 0 Å². The van der Waals surface area contributed by atoms with E-state index in [9.17, 15) is 0 Å². The van der Waals surface area contributed by atoms with Crippen molar-refractivity contribution >= 4 is 0 Å². The van der Waals surface area contributed by atoms with Crippen LogP contribution in [0.3, 0.4) is 0 Å². The fourth-order valence-corrected chi connectivity index (χ4v) is 2.56. The smallest absolute Gasteiger partial charge is 0.122 e. The number of benzene rings is 1. The van der Waals surface area contributed by atoms with Gasteiger partial charge in [0, 0.05) is 25.7 Å². The molecule has 1 aliphatic rings. The summed E-state index contributed by atoms with van der Waals surface area (Å²) in [7, 11) is 3.97. The molecule has 3 heteroatoms. The van der Waals surface area contributed by atoms with E-state index in [2.05, 4.69) is 42.4 Å². The van der Waals surface area contributed by atoms with Gasteiger partial charge in [-0.05, 0) is 37.1 Å². The van der Waals surface area contributed by atoms with Crippen LogP contribution in [0.4, 0.5) is 0 Å². The van der Waals surface area contributed by atoms with Crippen LogP contribution in [0.15, 0.2) is 18.2 Å². The molecule has 0 aliphatic carbocycles. The summed E-state index contributed by atoms with van der Waals surface area (Å²) < 4.78 is 5.48. The number of nitrogens with zero attached hydrogens (tertiary/aromatic N) is 1. The molecule has 1 unspecified atom stereocenters. The predicted octanol–water partition coefficient (Wildman–Crippen LogP) is 1.70. The van der Waals surface area contributed by atoms with Crippen molar-refractivity contribution in [2.75, 3.05) is 33.8 Å². The highest BCUT2D eigenvalue weighted by Crippen LogP contribution is 2.23. The van der Waals surface area contributed by atoms with E-state index in [4.69, 9.17) is 4.74 Å². The molecule has 1 saturated heterocycles. The largest absolute Gasteiger partial charge is 0.496 e. The first-order chi connectivity index (χ1) is 8.74. The molecular formula is C15H24N2O. The van der Waals surface area contributed by atoms with Crippen LogP contribution in [0.2, 0.25) is 0 Å². The molecular weight excluding hydrogens is 224 g/mol. The summed E-state index contributed by atoms with van der Waals surface area (Å²) in [5.41, 5.74) is 2.72. The Morgan fingerprint density at radius 3 is 2.94 bits per heavy atom. The van der Waals surface area contributed by atoms with Crippen molar-refractivity contribution in [2.45, 2.75) is 25.8 Å². The van der Waals surface area contributed by atoms with Crippen LogP contribution < -0.4 is 10.1 Å². The highest BCUT2D eigenvalue weighted by Gasteiger charge is 2.20. The first-order valence-electron chi connectivity index (χ1n) is 6.81. The van der Waals surface area contributed by atoms with Gasteiger partial charge >= 0.3 is 0 Å². The minimum atomic E-state index is 0.569. The fourth-order valence-electron chi connectivity index (χ4n) is 2.56. The zero-order chi connectivity index (χ0) is 13.0. The Morgan fingerprint density at radius 1 is 1.44 bits per heavy atom. The van der Waals surface area contributed by atoms with E-state index in [0.29, 0.717) is 6.04 Å². The van der Waals surface area contributed by atoms with Crippen LogP contribution in [-0.4, -0.2) is 44.7 Å². The summed E-state index contributed by atoms with van der Waals surface area (Å²) >= 11 is 0. The second kappa shape index (κ2) is 6.21. The SMILES string of the molecule is CCc1ccc(OC)c(CC2CNCCN2C)c1. The van der Waals surface area contributed by atoms with Crippen LogP contribution in [-0.2, 0) is 12.8 Å². The molecule has 1 heterocycles. The molecule has 3 nitrogen and oxygen atoms in total. The van der Waals surface area contributed by atoms with Crippen molar-refractivity contribution in [3.63, 3.8) is 0 Å². The van der Waals surface area contributed by atoms with Crippen LogP contribution in [0.25, 0.3) is 0 Å². The average Bonchev–Trinajstić information content (AvgIpc) is 2.41. The molecule has 1 aromatic carbocycles. The number of aryl methyl sites for hydroxylation is 1. The van der Waals surface area contributed by atoms with Crippen LogP contribution in [0.1, 0.15) is 18.1 Å². The Kier molecular flexibility index (Phi) is 4.61. The molecule has 0 bridgehead atoms. The normalized spacial score (nSPS) is 20.9. The van der Waals surface area contributed by atoms with E-state index in [1.54, 1.807) is 7.11 Å². The van der Waals surface area contributed by atoms with Crippen molar-refractivity contribution in [2.24, 2.45) is 0 Å². The van der Waals surface area contributed by atoms with Gasteiger partial charge in [-0.1, -0.05) is 19.1 Å². The zero-order valence-electron chi connectivity index (χ0n) is 11.7. The van der Waals surface area contributed by atoms with Gasteiger partial charge < -0.3 is 15.0 Å². The van der Waals surface area contributed by atoms with E-state index >= 15 is 0 Å². The van der Waals surface area contributed by atoms with Gasteiger partial charge in [-0.2, -0.15) is 0 Å². The highest BCUT2D eigenvalue weighted by atomic mass is 16.5. The summed E-state index contributed by atoms with van der Waals surface area (Å²) in [4.78, 5) is 2.44. The molecule has 1 aromatic rings. The lowest BCUT2D eigenvalue weighted by atomic mass is 9.99. The van der Waals surface area contributed by atoms with Crippen LogP contribution >= 0.6 is 0 Å². The third kappa shape index (κ3) is 3.03. The lowest BCUT2D eigenvalue weighted by Gasteiger charge is -2.33. The first kappa shape index (κ1) is 13.4. The summed E-state index contributed by atoms with van der Waals surface area (Å²) in [5.74, 6) is 1.02. The van der Waals surface area contributed by atoms with E-state index in [1.807, 2.05) is 0 Å². The number of hydrogen-bond acceptors (Lipinski definition) is 3. The molecule has 100 valence electrons. The van der Waals surface area contributed by atoms with Crippen LogP contribution in [0, 0.1) is 0 Å². The molecule has 18 heavy (non-hydrogen) atoms. The molecule has 1 fully saturated rings. The minimum Gasteiger partial charge on any atom is -0.496 e. The van der Waals surface area contributed by atoms with Crippen molar-refractivity contribution in [1.29, 1.82) is 0 Å². The number of likely N-dealkylation sites (N-methyl/N-ethyl adjacent to an activating group) is 1. The van der Waals surface area contributed by atoms with Gasteiger partial charge in [-0.25, -0.2) is 0 Å². The molecule has 0 spiro atoms. The van der Waals surface area contributed by atoms with Gasteiger partial charge in [0.1, 0.15) is 5.75 Å². The fraction of sp³-hybridized carbons (Fsp3) is 0.600. The maximum Gasteiger partial charge on any atom is 0.122 e. The average molecular weight is 248 g/mol. The Hall–Kier alpha value is -1.06. The maximum atomic E-state index is 5.48. The number of nitrogens with one attached hydrogen (secondary N) is 1. The summed E-state index contributed by atoms with van der Waals surface area (Å²) in [6, 6.07) is 7.12. The van der Waals surface area contributed by atoms with Gasteiger partial charge in [0.05, 0.1) is 7.11 Å². The Balaban J connectivity index is 2.15. The summed E-state index contributed by atoms with van der Waals surface area (Å²) in [6.07, 6.45) is 2.14. The van der Waals surface area contributed by atoms with E-state index in [-0.39, 0.29) is 0 Å². The van der Waals surface area contributed by atoms with Gasteiger partial charge in [0.25, 0.3) is 0 Å². The second-order valence-electron chi connectivity index (χ2n) is 5.04. The van der Waals surface area contributed by atoms with Gasteiger partial charge in [0.15, 0.2) is 0 Å². The van der Waals surface area contributed by atoms with Crippen molar-refractivity contribution < 1.29 is 4.74 Å². The summed E-state index contributed by atoms with van der Waals surface area (Å²) in [5, 5.41) is 3.47. The second-order valence-corrected chi connectivity index (χ2v) is 5.04. The van der Waals surface area contributed by atoms with Crippen molar-refractivity contribution in [3.8, 4) is 5.75 Å². The quantitative estimate of drug-likeness (QED) is 0.878. The Morgan fingerprint density at radius 2 is 2.28 bits per heavy atom. The van der Waals surface area contributed by atoms with E-state index in [1.165, 1.54) is 11.1 Å². The molecule has 0 saturated carbocycles. The lowest BCUT2D eigenvalue weighted by molar-refractivity contribution is 0.198. The van der Waals surface area contributed by atoms with E-state index < -0.39 is 0 Å². The highest BCUT2D eigenvalue weighted by molar-refractivity contribution is 5.38. The molecule has 1 atom stereocenters. The number of rotatable bonds is 4. The monoisotopic (exact) mass is 248 g/mol. The maximum absolute atomic E-state index is 5.48. The molecule has 0 aromatic heterocycles. The standard InChI is InChI=1S/C15H24N2O/c1-4-12-5-6-15(18-3)13(9-12)10-14-11-16-7-8-17(14)2/h5-6,9,14,16H,4,7-8,10-11H2,1-3H3. The van der Waals surface area contributed by atoms with Gasteiger partial charge in [0.2, 0.25) is 0 Å². The van der Waals surface area contributed by atoms with Crippen LogP contribution in [0.5, 0.6) is 5.75 Å². The Labute approximate surface area is 110 Å². The number of hydrogen-bond donors (Lipinski definition) is 1. The first-order valence-corrected chi connectivity index (χ1v) is 6.81. The molecule has 0 radical (unpaired) electrons. The third-order valence-electron chi connectivity index (χ3n) is 3.85. The van der Waals surface area contributed by atoms with Crippen molar-refractivity contribution in [3.05, 3.63) is 29.3 Å². The van der Waals surface area contributed by atoms with Crippen molar-refractivity contribution in [1.82, 2.24) is 10.2 Å². The molecule has 2 rings (SSSR count). The number of methoxy groups -OCH3 is 1. The topological polar surface area (TPSA) is 24.5 Å². The van der Waals surface area contributed by atoms with E-state index in [0.717, 1.165) is 38.2 Å². The molecule has 1 N–H and O–H groups in total. The predicted molar refractivity (Wildman–Crippen MR) is 75.4 cm³/mol. The third-order valence-corrected chi connectivity index (χ3v) is 3.85. The summed E-state index contributed by atoms with van der Waals surface area (Å²) in [6.45, 7) is 5.48. The molecule has 1 aliphatic heterocycles.